The van der Waals surface area contributed by atoms with E-state index in [9.17, 15) is 4.79 Å². The Morgan fingerprint density at radius 3 is 2.50 bits per heavy atom. The maximum absolute atomic E-state index is 11.8. The molecule has 1 amide bonds. The third-order valence-corrected chi connectivity index (χ3v) is 3.35. The number of nitrogens with one attached hydrogen (secondary N) is 1. The Morgan fingerprint density at radius 1 is 1.50 bits per heavy atom. The lowest BCUT2D eigenvalue weighted by Crippen LogP contribution is -2.51. The second kappa shape index (κ2) is 5.31. The van der Waals surface area contributed by atoms with Crippen molar-refractivity contribution in [2.75, 3.05) is 19.6 Å². The highest BCUT2D eigenvalue weighted by Gasteiger charge is 2.30. The van der Waals surface area contributed by atoms with E-state index in [-0.39, 0.29) is 11.8 Å². The average molecular weight is 223 g/mol. The zero-order valence-electron chi connectivity index (χ0n) is 10.4. The maximum atomic E-state index is 11.8. The number of carbonyl (C=O) groups is 1. The third kappa shape index (κ3) is 3.21. The molecule has 90 valence electrons. The number of nitrogens with zero attached hydrogens (tertiary/aromatic N) is 2. The fourth-order valence-corrected chi connectivity index (χ4v) is 1.77. The molecule has 1 aliphatic heterocycles. The van der Waals surface area contributed by atoms with Gasteiger partial charge in [-0.2, -0.15) is 5.26 Å². The Morgan fingerprint density at radius 2 is 2.06 bits per heavy atom. The number of nitriles is 1. The topological polar surface area (TPSA) is 56.1 Å². The molecule has 4 heteroatoms. The van der Waals surface area contributed by atoms with Crippen molar-refractivity contribution < 1.29 is 4.79 Å². The first kappa shape index (κ1) is 13.0. The second-order valence-corrected chi connectivity index (χ2v) is 5.00. The molecule has 0 aromatic carbocycles. The van der Waals surface area contributed by atoms with E-state index in [4.69, 9.17) is 5.26 Å². The van der Waals surface area contributed by atoms with E-state index in [0.29, 0.717) is 6.54 Å². The highest BCUT2D eigenvalue weighted by molar-refractivity contribution is 5.79. The first-order chi connectivity index (χ1) is 7.48. The molecule has 0 saturated carbocycles. The SMILES string of the molecule is CC(C)[C@@](C)(C#N)NC(=O)CN1CCCC1. The van der Waals surface area contributed by atoms with Crippen LogP contribution in [0.5, 0.6) is 0 Å². The molecule has 0 bridgehead atoms. The van der Waals surface area contributed by atoms with E-state index in [2.05, 4.69) is 16.3 Å². The minimum absolute atomic E-state index is 0.0420. The average Bonchev–Trinajstić information content (AvgIpc) is 2.69. The summed E-state index contributed by atoms with van der Waals surface area (Å²) in [5.74, 6) is 0.0691. The van der Waals surface area contributed by atoms with Gasteiger partial charge in [-0.05, 0) is 38.8 Å². The molecule has 0 aromatic rings. The number of amides is 1. The molecule has 16 heavy (non-hydrogen) atoms. The summed E-state index contributed by atoms with van der Waals surface area (Å²) in [5, 5.41) is 11.9. The Balaban J connectivity index is 2.46. The molecule has 0 aromatic heterocycles. The molecule has 0 radical (unpaired) electrons. The quantitative estimate of drug-likeness (QED) is 0.777. The lowest BCUT2D eigenvalue weighted by molar-refractivity contribution is -0.123. The number of hydrogen-bond acceptors (Lipinski definition) is 3. The summed E-state index contributed by atoms with van der Waals surface area (Å²) in [6.45, 7) is 8.08. The number of likely N-dealkylation sites (tertiary alicyclic amines) is 1. The van der Waals surface area contributed by atoms with E-state index in [1.807, 2.05) is 13.8 Å². The van der Waals surface area contributed by atoms with Gasteiger partial charge in [-0.3, -0.25) is 9.69 Å². The Hall–Kier alpha value is -1.08. The van der Waals surface area contributed by atoms with Gasteiger partial charge in [0.15, 0.2) is 0 Å². The van der Waals surface area contributed by atoms with Crippen LogP contribution in [0.1, 0.15) is 33.6 Å². The van der Waals surface area contributed by atoms with Crippen molar-refractivity contribution in [3.8, 4) is 6.07 Å². The van der Waals surface area contributed by atoms with Crippen molar-refractivity contribution in [2.24, 2.45) is 5.92 Å². The van der Waals surface area contributed by atoms with Crippen LogP contribution in [0, 0.1) is 17.2 Å². The fraction of sp³-hybridized carbons (Fsp3) is 0.833. The predicted molar refractivity (Wildman–Crippen MR) is 62.7 cm³/mol. The summed E-state index contributed by atoms with van der Waals surface area (Å²) < 4.78 is 0. The van der Waals surface area contributed by atoms with Crippen molar-refractivity contribution >= 4 is 5.91 Å². The van der Waals surface area contributed by atoms with Gasteiger partial charge < -0.3 is 5.32 Å². The van der Waals surface area contributed by atoms with Crippen LogP contribution in [0.15, 0.2) is 0 Å². The Kier molecular flexibility index (Phi) is 4.31. The van der Waals surface area contributed by atoms with Gasteiger partial charge in [0.2, 0.25) is 5.91 Å². The number of rotatable bonds is 4. The van der Waals surface area contributed by atoms with Gasteiger partial charge >= 0.3 is 0 Å². The van der Waals surface area contributed by atoms with Gasteiger partial charge in [-0.1, -0.05) is 13.8 Å². The van der Waals surface area contributed by atoms with Crippen LogP contribution in [0.4, 0.5) is 0 Å². The zero-order chi connectivity index (χ0) is 12.2. The van der Waals surface area contributed by atoms with E-state index in [0.717, 1.165) is 13.1 Å². The van der Waals surface area contributed by atoms with Gasteiger partial charge in [0.05, 0.1) is 12.6 Å². The highest BCUT2D eigenvalue weighted by Crippen LogP contribution is 2.15. The van der Waals surface area contributed by atoms with Gasteiger partial charge in [0, 0.05) is 0 Å². The van der Waals surface area contributed by atoms with Gasteiger partial charge in [-0.25, -0.2) is 0 Å². The second-order valence-electron chi connectivity index (χ2n) is 5.00. The lowest BCUT2D eigenvalue weighted by Gasteiger charge is -2.28. The van der Waals surface area contributed by atoms with Crippen molar-refractivity contribution in [2.45, 2.75) is 39.2 Å². The molecule has 1 saturated heterocycles. The molecule has 0 unspecified atom stereocenters. The van der Waals surface area contributed by atoms with E-state index >= 15 is 0 Å². The van der Waals surface area contributed by atoms with Crippen LogP contribution >= 0.6 is 0 Å². The Labute approximate surface area is 97.6 Å². The number of hydrogen-bond donors (Lipinski definition) is 1. The molecule has 1 heterocycles. The smallest absolute Gasteiger partial charge is 0.235 e. The third-order valence-electron chi connectivity index (χ3n) is 3.35. The standard InChI is InChI=1S/C12H21N3O/c1-10(2)12(3,9-13)14-11(16)8-15-6-4-5-7-15/h10H,4-8H2,1-3H3,(H,14,16)/t12-/m1/s1. The van der Waals surface area contributed by atoms with Gasteiger partial charge in [-0.15, -0.1) is 0 Å². The summed E-state index contributed by atoms with van der Waals surface area (Å²) >= 11 is 0. The maximum Gasteiger partial charge on any atom is 0.235 e. The van der Waals surface area contributed by atoms with Crippen LogP contribution in [0.25, 0.3) is 0 Å². The van der Waals surface area contributed by atoms with Crippen LogP contribution in [0.2, 0.25) is 0 Å². The lowest BCUT2D eigenvalue weighted by atomic mass is 9.90. The molecule has 1 atom stereocenters. The monoisotopic (exact) mass is 223 g/mol. The molecule has 4 nitrogen and oxygen atoms in total. The largest absolute Gasteiger partial charge is 0.337 e. The summed E-state index contributed by atoms with van der Waals surface area (Å²) in [6, 6.07) is 2.18. The molecule has 0 aliphatic carbocycles. The fourth-order valence-electron chi connectivity index (χ4n) is 1.77. The van der Waals surface area contributed by atoms with Crippen molar-refractivity contribution in [1.82, 2.24) is 10.2 Å². The van der Waals surface area contributed by atoms with Crippen molar-refractivity contribution in [3.05, 3.63) is 0 Å². The Bertz CT molecular complexity index is 289. The summed E-state index contributed by atoms with van der Waals surface area (Å²) in [5.41, 5.74) is -0.753. The molecular formula is C12H21N3O. The zero-order valence-corrected chi connectivity index (χ0v) is 10.4. The predicted octanol–water partition coefficient (Wildman–Crippen LogP) is 1.14. The highest BCUT2D eigenvalue weighted by atomic mass is 16.2. The normalized spacial score (nSPS) is 20.4. The van der Waals surface area contributed by atoms with Crippen LogP contribution < -0.4 is 5.32 Å². The first-order valence-corrected chi connectivity index (χ1v) is 5.92. The molecule has 1 aliphatic rings. The summed E-state index contributed by atoms with van der Waals surface area (Å²) in [4.78, 5) is 13.9. The van der Waals surface area contributed by atoms with Crippen molar-refractivity contribution in [3.63, 3.8) is 0 Å². The minimum Gasteiger partial charge on any atom is -0.337 e. The molecule has 0 spiro atoms. The summed E-state index contributed by atoms with van der Waals surface area (Å²) in [6.07, 6.45) is 2.35. The van der Waals surface area contributed by atoms with Gasteiger partial charge in [0.1, 0.15) is 5.54 Å². The first-order valence-electron chi connectivity index (χ1n) is 5.92. The van der Waals surface area contributed by atoms with Gasteiger partial charge in [0.25, 0.3) is 0 Å². The molecule has 1 fully saturated rings. The van der Waals surface area contributed by atoms with E-state index < -0.39 is 5.54 Å². The molecule has 1 rings (SSSR count). The molecule has 1 N–H and O–H groups in total. The van der Waals surface area contributed by atoms with E-state index in [1.54, 1.807) is 6.92 Å². The molecular weight excluding hydrogens is 202 g/mol. The van der Waals surface area contributed by atoms with Crippen LogP contribution in [-0.4, -0.2) is 36.0 Å². The minimum atomic E-state index is -0.753. The van der Waals surface area contributed by atoms with E-state index in [1.165, 1.54) is 12.8 Å². The summed E-state index contributed by atoms with van der Waals surface area (Å²) in [7, 11) is 0. The van der Waals surface area contributed by atoms with Crippen LogP contribution in [-0.2, 0) is 4.79 Å². The van der Waals surface area contributed by atoms with Crippen molar-refractivity contribution in [1.29, 1.82) is 5.26 Å². The number of carbonyl (C=O) groups excluding carboxylic acids is 1. The van der Waals surface area contributed by atoms with Crippen LogP contribution in [0.3, 0.4) is 0 Å².